The van der Waals surface area contributed by atoms with Crippen molar-refractivity contribution in [2.45, 2.75) is 13.0 Å². The molecule has 2 aromatic heterocycles. The number of nitrogens with zero attached hydrogens (tertiary/aromatic N) is 4. The Morgan fingerprint density at radius 3 is 2.79 bits per heavy atom. The van der Waals surface area contributed by atoms with Gasteiger partial charge in [-0.05, 0) is 24.6 Å². The Labute approximate surface area is 181 Å². The Kier molecular flexibility index (Phi) is 7.28. The highest BCUT2D eigenvalue weighted by atomic mass is 35.5. The first-order valence-corrected chi connectivity index (χ1v) is 8.99. The number of piperazine rings is 1. The number of aryl methyl sites for hydroxylation is 2. The topological polar surface area (TPSA) is 63.1 Å². The van der Waals surface area contributed by atoms with Crippen LogP contribution in [0.15, 0.2) is 36.5 Å². The van der Waals surface area contributed by atoms with Crippen LogP contribution in [0.2, 0.25) is 5.02 Å². The number of hydrogen-bond acceptors (Lipinski definition) is 4. The van der Waals surface area contributed by atoms with E-state index >= 15 is 0 Å². The Bertz CT molecular complexity index is 991. The van der Waals surface area contributed by atoms with Gasteiger partial charge in [-0.3, -0.25) is 9.48 Å². The number of carbonyl (C=O) groups is 1. The molecule has 1 saturated heterocycles. The number of hydrogen-bond donors (Lipinski definition) is 1. The van der Waals surface area contributed by atoms with Gasteiger partial charge in [0.1, 0.15) is 0 Å². The first-order chi connectivity index (χ1) is 12.6. The monoisotopic (exact) mass is 441 g/mol. The third kappa shape index (κ3) is 3.96. The predicted molar refractivity (Wildman–Crippen MR) is 116 cm³/mol. The van der Waals surface area contributed by atoms with Crippen molar-refractivity contribution in [3.05, 3.63) is 58.4 Å². The summed E-state index contributed by atoms with van der Waals surface area (Å²) in [6.07, 6.45) is 1.64. The molecule has 28 heavy (non-hydrogen) atoms. The van der Waals surface area contributed by atoms with Gasteiger partial charge in [-0.2, -0.15) is 5.10 Å². The van der Waals surface area contributed by atoms with Crippen LogP contribution in [0, 0.1) is 6.92 Å². The van der Waals surface area contributed by atoms with Crippen molar-refractivity contribution in [1.82, 2.24) is 25.0 Å². The summed E-state index contributed by atoms with van der Waals surface area (Å²) in [5.41, 5.74) is 3.18. The molecule has 1 aliphatic heterocycles. The summed E-state index contributed by atoms with van der Waals surface area (Å²) in [4.78, 5) is 19.6. The Hall–Kier alpha value is -1.86. The SMILES string of the molecule is Cc1nn(C)c2ncc(C(=O)N3CCNCC3c3ccccc3Cl)cc12.Cl.Cl. The molecule has 0 spiro atoms. The zero-order valence-corrected chi connectivity index (χ0v) is 17.9. The molecule has 150 valence electrons. The molecular formula is C19H22Cl3N5O. The smallest absolute Gasteiger partial charge is 0.256 e. The third-order valence-corrected chi connectivity index (χ3v) is 5.22. The van der Waals surface area contributed by atoms with E-state index in [-0.39, 0.29) is 36.8 Å². The predicted octanol–water partition coefficient (Wildman–Crippen LogP) is 3.56. The lowest BCUT2D eigenvalue weighted by atomic mass is 10.0. The zero-order chi connectivity index (χ0) is 18.3. The zero-order valence-electron chi connectivity index (χ0n) is 15.6. The van der Waals surface area contributed by atoms with Crippen molar-refractivity contribution < 1.29 is 4.79 Å². The standard InChI is InChI=1S/C19H20ClN5O.2ClH/c1-12-15-9-13(10-22-18(15)24(2)23-12)19(26)25-8-7-21-11-17(25)14-5-3-4-6-16(14)20;;/h3-6,9-10,17,21H,7-8,11H2,1-2H3;2*1H. The van der Waals surface area contributed by atoms with Crippen molar-refractivity contribution >= 4 is 53.4 Å². The molecule has 1 aliphatic rings. The summed E-state index contributed by atoms with van der Waals surface area (Å²) >= 11 is 6.39. The fraction of sp³-hybridized carbons (Fsp3) is 0.316. The summed E-state index contributed by atoms with van der Waals surface area (Å²) < 4.78 is 1.73. The van der Waals surface area contributed by atoms with E-state index in [2.05, 4.69) is 15.4 Å². The molecule has 4 rings (SSSR count). The van der Waals surface area contributed by atoms with Crippen LogP contribution in [0.1, 0.15) is 27.7 Å². The van der Waals surface area contributed by atoms with Crippen molar-refractivity contribution in [1.29, 1.82) is 0 Å². The van der Waals surface area contributed by atoms with Crippen molar-refractivity contribution in [2.75, 3.05) is 19.6 Å². The summed E-state index contributed by atoms with van der Waals surface area (Å²) in [6, 6.07) is 9.48. The fourth-order valence-corrected chi connectivity index (χ4v) is 3.82. The maximum atomic E-state index is 13.2. The van der Waals surface area contributed by atoms with E-state index in [4.69, 9.17) is 11.6 Å². The fourth-order valence-electron chi connectivity index (χ4n) is 3.56. The molecule has 3 heterocycles. The van der Waals surface area contributed by atoms with Crippen LogP contribution in [0.4, 0.5) is 0 Å². The van der Waals surface area contributed by atoms with Crippen LogP contribution in [0.3, 0.4) is 0 Å². The maximum Gasteiger partial charge on any atom is 0.256 e. The molecule has 3 aromatic rings. The van der Waals surface area contributed by atoms with Gasteiger partial charge in [0.25, 0.3) is 5.91 Å². The van der Waals surface area contributed by atoms with E-state index < -0.39 is 0 Å². The van der Waals surface area contributed by atoms with Gasteiger partial charge >= 0.3 is 0 Å². The Morgan fingerprint density at radius 1 is 1.29 bits per heavy atom. The molecule has 6 nitrogen and oxygen atoms in total. The molecule has 1 fully saturated rings. The van der Waals surface area contributed by atoms with E-state index in [1.807, 2.05) is 49.2 Å². The summed E-state index contributed by atoms with van der Waals surface area (Å²) in [5.74, 6) is -0.0333. The van der Waals surface area contributed by atoms with Gasteiger partial charge in [0, 0.05) is 43.3 Å². The quantitative estimate of drug-likeness (QED) is 0.659. The normalized spacial score (nSPS) is 16.4. The van der Waals surface area contributed by atoms with Crippen LogP contribution in [0.5, 0.6) is 0 Å². The number of halogens is 3. The number of pyridine rings is 1. The Balaban J connectivity index is 0.00000140. The number of fused-ring (bicyclic) bond motifs is 1. The maximum absolute atomic E-state index is 13.2. The van der Waals surface area contributed by atoms with E-state index in [9.17, 15) is 4.79 Å². The van der Waals surface area contributed by atoms with Gasteiger partial charge in [-0.15, -0.1) is 24.8 Å². The number of amides is 1. The highest BCUT2D eigenvalue weighted by molar-refractivity contribution is 6.31. The molecule has 9 heteroatoms. The molecule has 1 amide bonds. The second kappa shape index (κ2) is 9.09. The van der Waals surface area contributed by atoms with Crippen LogP contribution in [-0.2, 0) is 7.05 Å². The number of nitrogens with one attached hydrogen (secondary N) is 1. The number of carbonyl (C=O) groups excluding carboxylic acids is 1. The molecule has 1 N–H and O–H groups in total. The highest BCUT2D eigenvalue weighted by Gasteiger charge is 2.30. The van der Waals surface area contributed by atoms with E-state index in [0.717, 1.165) is 28.8 Å². The summed E-state index contributed by atoms with van der Waals surface area (Å²) in [6.45, 7) is 3.99. The first kappa shape index (κ1) is 22.4. The second-order valence-corrected chi connectivity index (χ2v) is 6.95. The second-order valence-electron chi connectivity index (χ2n) is 6.54. The minimum atomic E-state index is -0.101. The number of benzene rings is 1. The molecule has 0 bridgehead atoms. The van der Waals surface area contributed by atoms with E-state index in [0.29, 0.717) is 23.7 Å². The van der Waals surface area contributed by atoms with Gasteiger partial charge in [0.15, 0.2) is 5.65 Å². The van der Waals surface area contributed by atoms with Crippen molar-refractivity contribution in [3.63, 3.8) is 0 Å². The largest absolute Gasteiger partial charge is 0.329 e. The van der Waals surface area contributed by atoms with Crippen LogP contribution in [-0.4, -0.2) is 45.2 Å². The Morgan fingerprint density at radius 2 is 2.04 bits per heavy atom. The lowest BCUT2D eigenvalue weighted by Gasteiger charge is -2.37. The van der Waals surface area contributed by atoms with Gasteiger partial charge < -0.3 is 10.2 Å². The van der Waals surface area contributed by atoms with Crippen molar-refractivity contribution in [3.8, 4) is 0 Å². The van der Waals surface area contributed by atoms with Gasteiger partial charge in [0.2, 0.25) is 0 Å². The summed E-state index contributed by atoms with van der Waals surface area (Å²) in [5, 5.41) is 9.32. The number of aromatic nitrogens is 3. The highest BCUT2D eigenvalue weighted by Crippen LogP contribution is 2.30. The molecular weight excluding hydrogens is 421 g/mol. The lowest BCUT2D eigenvalue weighted by molar-refractivity contribution is 0.0634. The van der Waals surface area contributed by atoms with Crippen LogP contribution in [0.25, 0.3) is 11.0 Å². The van der Waals surface area contributed by atoms with Crippen LogP contribution >= 0.6 is 36.4 Å². The van der Waals surface area contributed by atoms with Gasteiger partial charge in [0.05, 0.1) is 17.3 Å². The molecule has 0 aliphatic carbocycles. The average molecular weight is 443 g/mol. The molecule has 1 atom stereocenters. The molecule has 1 unspecified atom stereocenters. The lowest BCUT2D eigenvalue weighted by Crippen LogP contribution is -2.48. The van der Waals surface area contributed by atoms with E-state index in [1.54, 1.807) is 10.9 Å². The molecule has 0 saturated carbocycles. The minimum Gasteiger partial charge on any atom is -0.329 e. The molecule has 0 radical (unpaired) electrons. The van der Waals surface area contributed by atoms with Crippen LogP contribution < -0.4 is 5.32 Å². The van der Waals surface area contributed by atoms with E-state index in [1.165, 1.54) is 0 Å². The van der Waals surface area contributed by atoms with Gasteiger partial charge in [-0.1, -0.05) is 29.8 Å². The summed E-state index contributed by atoms with van der Waals surface area (Å²) in [7, 11) is 1.85. The van der Waals surface area contributed by atoms with Gasteiger partial charge in [-0.25, -0.2) is 4.98 Å². The average Bonchev–Trinajstić information content (AvgIpc) is 2.95. The first-order valence-electron chi connectivity index (χ1n) is 8.61. The minimum absolute atomic E-state index is 0. The number of rotatable bonds is 2. The molecule has 1 aromatic carbocycles. The van der Waals surface area contributed by atoms with Crippen molar-refractivity contribution in [2.24, 2.45) is 7.05 Å². The third-order valence-electron chi connectivity index (χ3n) is 4.88.